The highest BCUT2D eigenvalue weighted by Crippen LogP contribution is 2.09. The van der Waals surface area contributed by atoms with Crippen LogP contribution < -0.4 is 10.6 Å². The smallest absolute Gasteiger partial charge is 0.0533 e. The lowest BCUT2D eigenvalue weighted by Gasteiger charge is -2.22. The molecule has 2 rings (SSSR count). The summed E-state index contributed by atoms with van der Waals surface area (Å²) in [6.07, 6.45) is 6.46. The lowest BCUT2D eigenvalue weighted by molar-refractivity contribution is 0.353. The van der Waals surface area contributed by atoms with Gasteiger partial charge in [0, 0.05) is 18.9 Å². The molecule has 0 radical (unpaired) electrons. The van der Waals surface area contributed by atoms with Crippen LogP contribution in [0.15, 0.2) is 18.5 Å². The monoisotopic (exact) mass is 208 g/mol. The number of aromatic nitrogens is 2. The van der Waals surface area contributed by atoms with Crippen molar-refractivity contribution in [1.82, 2.24) is 20.4 Å². The van der Waals surface area contributed by atoms with Gasteiger partial charge in [-0.1, -0.05) is 0 Å². The van der Waals surface area contributed by atoms with Crippen molar-refractivity contribution >= 4 is 0 Å². The van der Waals surface area contributed by atoms with E-state index in [1.54, 1.807) is 0 Å². The van der Waals surface area contributed by atoms with Gasteiger partial charge in [-0.3, -0.25) is 4.68 Å². The second-order valence-electron chi connectivity index (χ2n) is 4.17. The van der Waals surface area contributed by atoms with Crippen molar-refractivity contribution in [3.8, 4) is 0 Å². The van der Waals surface area contributed by atoms with E-state index in [0.29, 0.717) is 0 Å². The third kappa shape index (κ3) is 3.64. The van der Waals surface area contributed by atoms with Crippen LogP contribution in [0, 0.1) is 5.92 Å². The van der Waals surface area contributed by atoms with Crippen molar-refractivity contribution in [3.63, 3.8) is 0 Å². The molecule has 1 aliphatic heterocycles. The molecule has 0 atom stereocenters. The van der Waals surface area contributed by atoms with Gasteiger partial charge in [-0.2, -0.15) is 5.10 Å². The third-order valence-electron chi connectivity index (χ3n) is 2.97. The zero-order valence-corrected chi connectivity index (χ0v) is 9.15. The van der Waals surface area contributed by atoms with Gasteiger partial charge >= 0.3 is 0 Å². The van der Waals surface area contributed by atoms with E-state index in [0.717, 1.165) is 25.6 Å². The Morgan fingerprint density at radius 2 is 2.27 bits per heavy atom. The molecule has 1 aromatic rings. The molecule has 0 aromatic carbocycles. The quantitative estimate of drug-likeness (QED) is 0.691. The van der Waals surface area contributed by atoms with Crippen LogP contribution >= 0.6 is 0 Å². The predicted molar refractivity (Wildman–Crippen MR) is 60.7 cm³/mol. The zero-order valence-electron chi connectivity index (χ0n) is 9.15. The van der Waals surface area contributed by atoms with E-state index in [-0.39, 0.29) is 0 Å². The van der Waals surface area contributed by atoms with Crippen molar-refractivity contribution in [3.05, 3.63) is 18.5 Å². The first-order valence-corrected chi connectivity index (χ1v) is 5.84. The first-order valence-electron chi connectivity index (χ1n) is 5.84. The Morgan fingerprint density at radius 3 is 3.00 bits per heavy atom. The molecular weight excluding hydrogens is 188 g/mol. The molecule has 1 aliphatic rings. The Bertz CT molecular complexity index is 252. The molecule has 4 nitrogen and oxygen atoms in total. The van der Waals surface area contributed by atoms with Gasteiger partial charge in [-0.05, 0) is 44.5 Å². The van der Waals surface area contributed by atoms with E-state index in [1.165, 1.54) is 25.9 Å². The van der Waals surface area contributed by atoms with E-state index < -0.39 is 0 Å². The van der Waals surface area contributed by atoms with E-state index in [2.05, 4.69) is 15.7 Å². The summed E-state index contributed by atoms with van der Waals surface area (Å²) in [4.78, 5) is 0. The average Bonchev–Trinajstić information content (AvgIpc) is 2.79. The summed E-state index contributed by atoms with van der Waals surface area (Å²) < 4.78 is 1.97. The molecular formula is C11H20N4. The number of hydrogen-bond acceptors (Lipinski definition) is 3. The maximum absolute atomic E-state index is 4.17. The van der Waals surface area contributed by atoms with Crippen LogP contribution in [0.2, 0.25) is 0 Å². The molecule has 0 aliphatic carbocycles. The molecule has 4 heteroatoms. The van der Waals surface area contributed by atoms with Crippen molar-refractivity contribution < 1.29 is 0 Å². The molecule has 0 unspecified atom stereocenters. The van der Waals surface area contributed by atoms with Crippen LogP contribution in [-0.4, -0.2) is 36.0 Å². The minimum atomic E-state index is 0.865. The fourth-order valence-corrected chi connectivity index (χ4v) is 2.02. The van der Waals surface area contributed by atoms with E-state index in [4.69, 9.17) is 0 Å². The Morgan fingerprint density at radius 1 is 1.40 bits per heavy atom. The Kier molecular flexibility index (Phi) is 4.17. The first kappa shape index (κ1) is 10.6. The summed E-state index contributed by atoms with van der Waals surface area (Å²) in [5.74, 6) is 0.865. The third-order valence-corrected chi connectivity index (χ3v) is 2.97. The zero-order chi connectivity index (χ0) is 10.3. The lowest BCUT2D eigenvalue weighted by Crippen LogP contribution is -2.34. The molecule has 1 saturated heterocycles. The molecule has 0 saturated carbocycles. The number of nitrogens with one attached hydrogen (secondary N) is 2. The van der Waals surface area contributed by atoms with Crippen molar-refractivity contribution in [1.29, 1.82) is 0 Å². The van der Waals surface area contributed by atoms with Gasteiger partial charge in [0.25, 0.3) is 0 Å². The first-order chi connectivity index (χ1) is 7.45. The molecule has 0 spiro atoms. The standard InChI is InChI=1S/C11H20N4/c1-4-14-15(8-1)9-7-13-10-11-2-5-12-6-3-11/h1,4,8,11-13H,2-3,5-7,9-10H2. The number of nitrogens with zero attached hydrogens (tertiary/aromatic N) is 2. The van der Waals surface area contributed by atoms with Crippen LogP contribution in [0.4, 0.5) is 0 Å². The summed E-state index contributed by atoms with van der Waals surface area (Å²) in [6, 6.07) is 1.97. The summed E-state index contributed by atoms with van der Waals surface area (Å²) >= 11 is 0. The Labute approximate surface area is 91.1 Å². The molecule has 2 N–H and O–H groups in total. The lowest BCUT2D eigenvalue weighted by atomic mass is 9.98. The van der Waals surface area contributed by atoms with Gasteiger partial charge in [-0.15, -0.1) is 0 Å². The van der Waals surface area contributed by atoms with E-state index in [1.807, 2.05) is 23.1 Å². The number of rotatable bonds is 5. The minimum absolute atomic E-state index is 0.865. The van der Waals surface area contributed by atoms with Crippen LogP contribution in [0.25, 0.3) is 0 Å². The van der Waals surface area contributed by atoms with Gasteiger partial charge < -0.3 is 10.6 Å². The van der Waals surface area contributed by atoms with Crippen molar-refractivity contribution in [2.45, 2.75) is 19.4 Å². The molecule has 2 heterocycles. The fourth-order valence-electron chi connectivity index (χ4n) is 2.02. The maximum atomic E-state index is 4.17. The Hall–Kier alpha value is -0.870. The highest BCUT2D eigenvalue weighted by molar-refractivity contribution is 4.78. The summed E-state index contributed by atoms with van der Waals surface area (Å²) in [6.45, 7) is 5.52. The maximum Gasteiger partial charge on any atom is 0.0533 e. The number of piperidine rings is 1. The van der Waals surface area contributed by atoms with Crippen LogP contribution in [0.3, 0.4) is 0 Å². The highest BCUT2D eigenvalue weighted by atomic mass is 15.3. The second kappa shape index (κ2) is 5.88. The molecule has 84 valence electrons. The van der Waals surface area contributed by atoms with Crippen LogP contribution in [0.1, 0.15) is 12.8 Å². The molecule has 15 heavy (non-hydrogen) atoms. The molecule has 0 amide bonds. The van der Waals surface area contributed by atoms with Gasteiger partial charge in [-0.25, -0.2) is 0 Å². The van der Waals surface area contributed by atoms with E-state index >= 15 is 0 Å². The predicted octanol–water partition coefficient (Wildman–Crippen LogP) is 0.472. The van der Waals surface area contributed by atoms with E-state index in [9.17, 15) is 0 Å². The second-order valence-corrected chi connectivity index (χ2v) is 4.17. The van der Waals surface area contributed by atoms with Crippen molar-refractivity contribution in [2.75, 3.05) is 26.2 Å². The van der Waals surface area contributed by atoms with Crippen molar-refractivity contribution in [2.24, 2.45) is 5.92 Å². The largest absolute Gasteiger partial charge is 0.317 e. The summed E-state index contributed by atoms with van der Waals surface area (Å²) in [5, 5.41) is 11.1. The fraction of sp³-hybridized carbons (Fsp3) is 0.727. The number of hydrogen-bond donors (Lipinski definition) is 2. The summed E-state index contributed by atoms with van der Waals surface area (Å²) in [7, 11) is 0. The van der Waals surface area contributed by atoms with Gasteiger partial charge in [0.15, 0.2) is 0 Å². The normalized spacial score (nSPS) is 18.1. The highest BCUT2D eigenvalue weighted by Gasteiger charge is 2.11. The molecule has 0 bridgehead atoms. The van der Waals surface area contributed by atoms with Gasteiger partial charge in [0.05, 0.1) is 6.54 Å². The Balaban J connectivity index is 1.54. The van der Waals surface area contributed by atoms with Gasteiger partial charge in [0.2, 0.25) is 0 Å². The summed E-state index contributed by atoms with van der Waals surface area (Å²) in [5.41, 5.74) is 0. The van der Waals surface area contributed by atoms with Gasteiger partial charge in [0.1, 0.15) is 0 Å². The molecule has 1 fully saturated rings. The van der Waals surface area contributed by atoms with Crippen LogP contribution in [0.5, 0.6) is 0 Å². The van der Waals surface area contributed by atoms with Crippen LogP contribution in [-0.2, 0) is 6.54 Å². The average molecular weight is 208 g/mol. The molecule has 1 aromatic heterocycles. The SMILES string of the molecule is c1cnn(CCNCC2CCNCC2)c1. The topological polar surface area (TPSA) is 41.9 Å². The minimum Gasteiger partial charge on any atom is -0.317 e.